The third kappa shape index (κ3) is 4.56. The number of thiophene rings is 1. The maximum absolute atomic E-state index is 3.56. The van der Waals surface area contributed by atoms with Crippen molar-refractivity contribution in [2.24, 2.45) is 0 Å². The molecule has 0 radical (unpaired) electrons. The fourth-order valence-corrected chi connectivity index (χ4v) is 4.43. The Morgan fingerprint density at radius 2 is 2.18 bits per heavy atom. The van der Waals surface area contributed by atoms with Crippen molar-refractivity contribution < 1.29 is 0 Å². The van der Waals surface area contributed by atoms with Gasteiger partial charge < -0.3 is 10.2 Å². The number of hydrogen-bond donors (Lipinski definition) is 1. The Morgan fingerprint density at radius 3 is 2.82 bits per heavy atom. The summed E-state index contributed by atoms with van der Waals surface area (Å²) < 4.78 is 1.24. The number of aryl methyl sites for hydroxylation is 1. The van der Waals surface area contributed by atoms with Crippen LogP contribution in [-0.4, -0.2) is 42.6 Å². The van der Waals surface area contributed by atoms with Crippen molar-refractivity contribution >= 4 is 39.0 Å². The van der Waals surface area contributed by atoms with Crippen LogP contribution in [0.2, 0.25) is 0 Å². The van der Waals surface area contributed by atoms with Crippen molar-refractivity contribution in [1.29, 1.82) is 0 Å². The van der Waals surface area contributed by atoms with Crippen LogP contribution in [0.15, 0.2) is 10.5 Å². The Labute approximate surface area is 120 Å². The van der Waals surface area contributed by atoms with Crippen LogP contribution in [0.1, 0.15) is 9.75 Å². The summed E-state index contributed by atoms with van der Waals surface area (Å²) in [6, 6.07) is 2.23. The second-order valence-electron chi connectivity index (χ2n) is 4.25. The van der Waals surface area contributed by atoms with Crippen LogP contribution in [0.4, 0.5) is 0 Å². The third-order valence-electron chi connectivity index (χ3n) is 2.92. The van der Waals surface area contributed by atoms with Gasteiger partial charge in [0.05, 0.1) is 0 Å². The van der Waals surface area contributed by atoms with E-state index in [9.17, 15) is 0 Å². The number of hydrogen-bond acceptors (Lipinski definition) is 4. The van der Waals surface area contributed by atoms with E-state index in [1.165, 1.54) is 45.4 Å². The number of nitrogens with one attached hydrogen (secondary N) is 1. The molecule has 1 N–H and O–H groups in total. The first-order valence-electron chi connectivity index (χ1n) is 6.01. The van der Waals surface area contributed by atoms with Gasteiger partial charge in [0, 0.05) is 58.5 Å². The fraction of sp³-hybridized carbons (Fsp3) is 0.667. The van der Waals surface area contributed by atoms with Crippen molar-refractivity contribution in [3.63, 3.8) is 0 Å². The Bertz CT molecular complexity index is 329. The molecular weight excluding hydrogens is 316 g/mol. The minimum Gasteiger partial charge on any atom is -0.311 e. The van der Waals surface area contributed by atoms with Crippen molar-refractivity contribution in [3.8, 4) is 0 Å². The standard InChI is InChI=1S/C12H19BrN2S2/c1-10-12(13)8-11(17-10)9-14-2-3-15-4-6-16-7-5-15/h8,14H,2-7,9H2,1H3. The van der Waals surface area contributed by atoms with E-state index in [1.807, 2.05) is 11.3 Å². The SMILES string of the molecule is Cc1sc(CNCCN2CCSCC2)cc1Br. The maximum atomic E-state index is 3.56. The van der Waals surface area contributed by atoms with Gasteiger partial charge in [-0.05, 0) is 28.9 Å². The van der Waals surface area contributed by atoms with E-state index >= 15 is 0 Å². The molecule has 1 aromatic heterocycles. The predicted molar refractivity (Wildman–Crippen MR) is 82.2 cm³/mol. The van der Waals surface area contributed by atoms with Crippen LogP contribution in [0.5, 0.6) is 0 Å². The highest BCUT2D eigenvalue weighted by molar-refractivity contribution is 9.10. The highest BCUT2D eigenvalue weighted by Crippen LogP contribution is 2.25. The van der Waals surface area contributed by atoms with Gasteiger partial charge in [0.15, 0.2) is 0 Å². The molecule has 0 unspecified atom stereocenters. The first-order valence-corrected chi connectivity index (χ1v) is 8.78. The summed E-state index contributed by atoms with van der Waals surface area (Å²) in [5, 5.41) is 3.53. The molecule has 1 aliphatic heterocycles. The van der Waals surface area contributed by atoms with Crippen molar-refractivity contribution in [1.82, 2.24) is 10.2 Å². The molecule has 0 bridgehead atoms. The number of rotatable bonds is 5. The first kappa shape index (κ1) is 13.9. The van der Waals surface area contributed by atoms with Gasteiger partial charge in [-0.25, -0.2) is 0 Å². The summed E-state index contributed by atoms with van der Waals surface area (Å²) in [7, 11) is 0. The molecule has 17 heavy (non-hydrogen) atoms. The molecule has 96 valence electrons. The van der Waals surface area contributed by atoms with Crippen molar-refractivity contribution in [3.05, 3.63) is 20.3 Å². The summed E-state index contributed by atoms with van der Waals surface area (Å²) >= 11 is 7.51. The lowest BCUT2D eigenvalue weighted by Crippen LogP contribution is -2.37. The molecule has 2 rings (SSSR count). The largest absolute Gasteiger partial charge is 0.311 e. The van der Waals surface area contributed by atoms with E-state index < -0.39 is 0 Å². The molecule has 1 saturated heterocycles. The smallest absolute Gasteiger partial charge is 0.0314 e. The van der Waals surface area contributed by atoms with Gasteiger partial charge in [0.1, 0.15) is 0 Å². The minimum atomic E-state index is 1.000. The molecule has 2 heterocycles. The molecule has 2 nitrogen and oxygen atoms in total. The highest BCUT2D eigenvalue weighted by Gasteiger charge is 2.09. The molecule has 0 spiro atoms. The van der Waals surface area contributed by atoms with Crippen LogP contribution in [0.25, 0.3) is 0 Å². The Morgan fingerprint density at radius 1 is 1.41 bits per heavy atom. The topological polar surface area (TPSA) is 15.3 Å². The molecule has 0 aliphatic carbocycles. The summed E-state index contributed by atoms with van der Waals surface area (Å²) in [6.45, 7) is 7.96. The van der Waals surface area contributed by atoms with Crippen LogP contribution < -0.4 is 5.32 Å². The van der Waals surface area contributed by atoms with Crippen LogP contribution in [-0.2, 0) is 6.54 Å². The Kier molecular flexibility index (Phi) is 5.83. The van der Waals surface area contributed by atoms with Crippen LogP contribution in [0.3, 0.4) is 0 Å². The zero-order valence-corrected chi connectivity index (χ0v) is 13.4. The van der Waals surface area contributed by atoms with E-state index in [0.717, 1.165) is 13.1 Å². The van der Waals surface area contributed by atoms with Gasteiger partial charge in [-0.15, -0.1) is 11.3 Å². The van der Waals surface area contributed by atoms with Gasteiger partial charge in [-0.2, -0.15) is 11.8 Å². The monoisotopic (exact) mass is 334 g/mol. The fourth-order valence-electron chi connectivity index (χ4n) is 1.88. The lowest BCUT2D eigenvalue weighted by molar-refractivity contribution is 0.301. The highest BCUT2D eigenvalue weighted by atomic mass is 79.9. The zero-order valence-electron chi connectivity index (χ0n) is 10.2. The van der Waals surface area contributed by atoms with Gasteiger partial charge in [0.25, 0.3) is 0 Å². The predicted octanol–water partition coefficient (Wildman–Crippen LogP) is 2.96. The maximum Gasteiger partial charge on any atom is 0.0314 e. The van der Waals surface area contributed by atoms with Gasteiger partial charge >= 0.3 is 0 Å². The molecular formula is C12H19BrN2S2. The summed E-state index contributed by atoms with van der Waals surface area (Å²) in [5.74, 6) is 2.61. The number of halogens is 1. The van der Waals surface area contributed by atoms with Gasteiger partial charge in [-0.3, -0.25) is 0 Å². The molecule has 1 fully saturated rings. The quantitative estimate of drug-likeness (QED) is 0.833. The summed E-state index contributed by atoms with van der Waals surface area (Å²) in [5.41, 5.74) is 0. The van der Waals surface area contributed by atoms with Gasteiger partial charge in [0.2, 0.25) is 0 Å². The van der Waals surface area contributed by atoms with E-state index in [1.54, 1.807) is 0 Å². The molecule has 1 aliphatic rings. The Hall–Kier alpha value is 0.450. The number of nitrogens with zero attached hydrogens (tertiary/aromatic N) is 1. The second-order valence-corrected chi connectivity index (χ2v) is 7.67. The Balaban J connectivity index is 1.62. The molecule has 0 amide bonds. The van der Waals surface area contributed by atoms with E-state index in [4.69, 9.17) is 0 Å². The average molecular weight is 335 g/mol. The van der Waals surface area contributed by atoms with Crippen molar-refractivity contribution in [2.75, 3.05) is 37.7 Å². The van der Waals surface area contributed by atoms with E-state index in [0.29, 0.717) is 0 Å². The lowest BCUT2D eigenvalue weighted by Gasteiger charge is -2.26. The molecule has 0 atom stereocenters. The normalized spacial score (nSPS) is 17.5. The summed E-state index contributed by atoms with van der Waals surface area (Å²) in [4.78, 5) is 5.34. The number of thioether (sulfide) groups is 1. The zero-order chi connectivity index (χ0) is 12.1. The lowest BCUT2D eigenvalue weighted by atomic mass is 10.4. The third-order valence-corrected chi connectivity index (χ3v) is 6.00. The minimum absolute atomic E-state index is 1.000. The van der Waals surface area contributed by atoms with Crippen LogP contribution >= 0.6 is 39.0 Å². The van der Waals surface area contributed by atoms with E-state index in [2.05, 4.69) is 50.9 Å². The molecule has 0 aromatic carbocycles. The second kappa shape index (κ2) is 7.14. The summed E-state index contributed by atoms with van der Waals surface area (Å²) in [6.07, 6.45) is 0. The molecule has 1 aromatic rings. The molecule has 0 saturated carbocycles. The van der Waals surface area contributed by atoms with Gasteiger partial charge in [-0.1, -0.05) is 0 Å². The van der Waals surface area contributed by atoms with Crippen LogP contribution in [0, 0.1) is 6.92 Å². The van der Waals surface area contributed by atoms with Crippen molar-refractivity contribution in [2.45, 2.75) is 13.5 Å². The average Bonchev–Trinajstić information content (AvgIpc) is 2.66. The first-order chi connectivity index (χ1) is 8.25. The molecule has 5 heteroatoms. The van der Waals surface area contributed by atoms with E-state index in [-0.39, 0.29) is 0 Å².